The Morgan fingerprint density at radius 1 is 1.07 bits per heavy atom. The number of methoxy groups -OCH3 is 1. The van der Waals surface area contributed by atoms with Crippen molar-refractivity contribution in [2.24, 2.45) is 0 Å². The summed E-state index contributed by atoms with van der Waals surface area (Å²) in [5.41, 5.74) is 5.51. The molecule has 0 fully saturated rings. The summed E-state index contributed by atoms with van der Waals surface area (Å²) in [6, 6.07) is 15.3. The number of Topliss-reactive ketones (excluding diaryl/α,β-unsaturated/α-hetero) is 1. The second-order valence-corrected chi connectivity index (χ2v) is 7.78. The molecule has 1 amide bonds. The Kier molecular flexibility index (Phi) is 5.44. The van der Waals surface area contributed by atoms with Crippen LogP contribution in [0.1, 0.15) is 43.2 Å². The van der Waals surface area contributed by atoms with Crippen LogP contribution in [0.15, 0.2) is 71.1 Å². The number of ketones is 1. The number of amides is 1. The van der Waals surface area contributed by atoms with Crippen LogP contribution >= 0.6 is 0 Å². The highest BCUT2D eigenvalue weighted by Gasteiger charge is 2.39. The third-order valence-corrected chi connectivity index (χ3v) is 5.86. The predicted molar refractivity (Wildman–Crippen MR) is 117 cm³/mol. The smallest absolute Gasteiger partial charge is 0.254 e. The molecule has 0 unspecified atom stereocenters. The highest BCUT2D eigenvalue weighted by molar-refractivity contribution is 6.10. The van der Waals surface area contributed by atoms with Gasteiger partial charge in [-0.15, -0.1) is 0 Å². The summed E-state index contributed by atoms with van der Waals surface area (Å²) >= 11 is 0. The Balaban J connectivity index is 1.84. The van der Waals surface area contributed by atoms with Gasteiger partial charge in [-0.2, -0.15) is 0 Å². The van der Waals surface area contributed by atoms with E-state index < -0.39 is 5.92 Å². The van der Waals surface area contributed by atoms with Gasteiger partial charge in [0.05, 0.1) is 13.0 Å². The standard InChI is InChI=1S/C25H26N2O3/c1-15-9-4-6-11-18(15)27-25(29)22-16(2)26-19-12-8-13-20(28)24(19)23(22)17-10-5-7-14-21(17)30-3/h4-7,9-11,14,23,26H,8,12-13H2,1-3H3,(H,27,29)/t23-/m0/s1. The van der Waals surface area contributed by atoms with Crippen molar-refractivity contribution in [3.8, 4) is 5.75 Å². The van der Waals surface area contributed by atoms with E-state index in [-0.39, 0.29) is 11.7 Å². The lowest BCUT2D eigenvalue weighted by molar-refractivity contribution is -0.116. The van der Waals surface area contributed by atoms with Gasteiger partial charge in [-0.3, -0.25) is 9.59 Å². The normalized spacial score (nSPS) is 18.6. The van der Waals surface area contributed by atoms with E-state index in [0.29, 0.717) is 23.3 Å². The number of dihydropyridines is 1. The number of allylic oxidation sites excluding steroid dienone is 3. The summed E-state index contributed by atoms with van der Waals surface area (Å²) < 4.78 is 5.61. The SMILES string of the molecule is COc1ccccc1[C@H]1C(C(=O)Nc2ccccc2C)=C(C)NC2=C1C(=O)CCC2. The molecule has 0 saturated carbocycles. The van der Waals surface area contributed by atoms with Gasteiger partial charge >= 0.3 is 0 Å². The number of carbonyl (C=O) groups excluding carboxylic acids is 2. The van der Waals surface area contributed by atoms with Gasteiger partial charge in [0.2, 0.25) is 0 Å². The molecule has 2 aromatic rings. The van der Waals surface area contributed by atoms with Crippen molar-refractivity contribution in [3.05, 3.63) is 82.2 Å². The summed E-state index contributed by atoms with van der Waals surface area (Å²) in [4.78, 5) is 26.5. The van der Waals surface area contributed by atoms with E-state index in [0.717, 1.165) is 41.1 Å². The molecule has 1 aliphatic carbocycles. The maximum atomic E-state index is 13.5. The van der Waals surface area contributed by atoms with E-state index >= 15 is 0 Å². The van der Waals surface area contributed by atoms with E-state index in [1.807, 2.05) is 62.4 Å². The second kappa shape index (κ2) is 8.19. The van der Waals surface area contributed by atoms with Crippen LogP contribution in [-0.4, -0.2) is 18.8 Å². The summed E-state index contributed by atoms with van der Waals surface area (Å²) in [6.07, 6.45) is 2.12. The maximum Gasteiger partial charge on any atom is 0.254 e. The quantitative estimate of drug-likeness (QED) is 0.784. The Bertz CT molecular complexity index is 1080. The molecule has 0 saturated heterocycles. The number of hydrogen-bond donors (Lipinski definition) is 2. The van der Waals surface area contributed by atoms with Gasteiger partial charge in [0.1, 0.15) is 5.75 Å². The van der Waals surface area contributed by atoms with Gasteiger partial charge in [0.25, 0.3) is 5.91 Å². The molecule has 5 nitrogen and oxygen atoms in total. The molecule has 2 aliphatic rings. The minimum Gasteiger partial charge on any atom is -0.496 e. The number of aryl methyl sites for hydroxylation is 1. The molecule has 1 atom stereocenters. The van der Waals surface area contributed by atoms with Crippen LogP contribution in [0.4, 0.5) is 5.69 Å². The number of rotatable bonds is 4. The molecule has 1 heterocycles. The Morgan fingerprint density at radius 3 is 2.57 bits per heavy atom. The van der Waals surface area contributed by atoms with E-state index in [2.05, 4.69) is 10.6 Å². The molecule has 2 aromatic carbocycles. The van der Waals surface area contributed by atoms with Gasteiger partial charge in [-0.1, -0.05) is 36.4 Å². The molecule has 2 N–H and O–H groups in total. The molecule has 4 rings (SSSR count). The highest BCUT2D eigenvalue weighted by atomic mass is 16.5. The third-order valence-electron chi connectivity index (χ3n) is 5.86. The van der Waals surface area contributed by atoms with Crippen molar-refractivity contribution in [1.82, 2.24) is 5.32 Å². The van der Waals surface area contributed by atoms with E-state index in [4.69, 9.17) is 4.74 Å². The number of benzene rings is 2. The predicted octanol–water partition coefficient (Wildman–Crippen LogP) is 4.61. The molecular formula is C25H26N2O3. The average molecular weight is 402 g/mol. The van der Waals surface area contributed by atoms with Crippen LogP contribution < -0.4 is 15.4 Å². The van der Waals surface area contributed by atoms with Crippen LogP contribution in [0.3, 0.4) is 0 Å². The lowest BCUT2D eigenvalue weighted by atomic mass is 9.74. The molecule has 0 aromatic heterocycles. The van der Waals surface area contributed by atoms with Crippen molar-refractivity contribution in [1.29, 1.82) is 0 Å². The number of ether oxygens (including phenoxy) is 1. The van der Waals surface area contributed by atoms with Gasteiger partial charge in [-0.25, -0.2) is 0 Å². The van der Waals surface area contributed by atoms with E-state index in [9.17, 15) is 9.59 Å². The Morgan fingerprint density at radius 2 is 1.80 bits per heavy atom. The van der Waals surface area contributed by atoms with Gasteiger partial charge in [0.15, 0.2) is 5.78 Å². The van der Waals surface area contributed by atoms with Crippen molar-refractivity contribution in [3.63, 3.8) is 0 Å². The number of hydrogen-bond acceptors (Lipinski definition) is 4. The fourth-order valence-corrected chi connectivity index (χ4v) is 4.40. The zero-order valence-corrected chi connectivity index (χ0v) is 17.5. The van der Waals surface area contributed by atoms with Crippen molar-refractivity contribution in [2.75, 3.05) is 12.4 Å². The zero-order chi connectivity index (χ0) is 21.3. The van der Waals surface area contributed by atoms with Crippen LogP contribution in [-0.2, 0) is 9.59 Å². The Hall–Kier alpha value is -3.34. The van der Waals surface area contributed by atoms with E-state index in [1.54, 1.807) is 7.11 Å². The number of anilines is 1. The van der Waals surface area contributed by atoms with Crippen LogP contribution in [0.25, 0.3) is 0 Å². The summed E-state index contributed by atoms with van der Waals surface area (Å²) in [5, 5.41) is 6.40. The summed E-state index contributed by atoms with van der Waals surface area (Å²) in [6.45, 7) is 3.86. The first kappa shape index (κ1) is 20.0. The van der Waals surface area contributed by atoms with Crippen LogP contribution in [0.2, 0.25) is 0 Å². The first-order valence-corrected chi connectivity index (χ1v) is 10.2. The van der Waals surface area contributed by atoms with Crippen molar-refractivity contribution < 1.29 is 14.3 Å². The fraction of sp³-hybridized carbons (Fsp3) is 0.280. The van der Waals surface area contributed by atoms with Gasteiger partial charge in [0, 0.05) is 40.2 Å². The summed E-state index contributed by atoms with van der Waals surface area (Å²) in [5.74, 6) is 0.0845. The number of carbonyl (C=O) groups is 2. The zero-order valence-electron chi connectivity index (χ0n) is 17.5. The lowest BCUT2D eigenvalue weighted by Gasteiger charge is -2.35. The Labute approximate surface area is 176 Å². The third kappa shape index (κ3) is 3.52. The number of para-hydroxylation sites is 2. The largest absolute Gasteiger partial charge is 0.496 e. The second-order valence-electron chi connectivity index (χ2n) is 7.78. The molecule has 1 aliphatic heterocycles. The molecule has 0 spiro atoms. The first-order chi connectivity index (χ1) is 14.5. The molecule has 5 heteroatoms. The van der Waals surface area contributed by atoms with Crippen LogP contribution in [0, 0.1) is 6.92 Å². The van der Waals surface area contributed by atoms with Crippen molar-refractivity contribution >= 4 is 17.4 Å². The first-order valence-electron chi connectivity index (χ1n) is 10.2. The molecule has 30 heavy (non-hydrogen) atoms. The van der Waals surface area contributed by atoms with E-state index in [1.165, 1.54) is 0 Å². The average Bonchev–Trinajstić information content (AvgIpc) is 2.74. The van der Waals surface area contributed by atoms with Crippen molar-refractivity contribution in [2.45, 2.75) is 39.0 Å². The van der Waals surface area contributed by atoms with Crippen LogP contribution in [0.5, 0.6) is 5.75 Å². The highest BCUT2D eigenvalue weighted by Crippen LogP contribution is 2.45. The van der Waals surface area contributed by atoms with Gasteiger partial charge in [-0.05, 0) is 44.4 Å². The topological polar surface area (TPSA) is 67.4 Å². The number of nitrogens with one attached hydrogen (secondary N) is 2. The molecule has 154 valence electrons. The minimum atomic E-state index is -0.464. The lowest BCUT2D eigenvalue weighted by Crippen LogP contribution is -2.35. The van der Waals surface area contributed by atoms with Gasteiger partial charge < -0.3 is 15.4 Å². The summed E-state index contributed by atoms with van der Waals surface area (Å²) in [7, 11) is 1.61. The minimum absolute atomic E-state index is 0.0911. The molecule has 0 radical (unpaired) electrons. The monoisotopic (exact) mass is 402 g/mol. The maximum absolute atomic E-state index is 13.5. The molecule has 0 bridgehead atoms. The molecular weight excluding hydrogens is 376 g/mol. The fourth-order valence-electron chi connectivity index (χ4n) is 4.40.